The third-order valence-electron chi connectivity index (χ3n) is 2.80. The number of pyridine rings is 1. The largest absolute Gasteiger partial charge is 0.472 e. The van der Waals surface area contributed by atoms with Crippen LogP contribution in [0, 0.1) is 6.92 Å². The first-order valence-electron chi connectivity index (χ1n) is 5.76. The van der Waals surface area contributed by atoms with Gasteiger partial charge in [-0.1, -0.05) is 11.6 Å². The number of aromatic nitrogens is 3. The molecule has 6 heteroatoms. The lowest BCUT2D eigenvalue weighted by Crippen LogP contribution is -2.16. The van der Waals surface area contributed by atoms with Gasteiger partial charge in [0.15, 0.2) is 0 Å². The summed E-state index contributed by atoms with van der Waals surface area (Å²) >= 11 is 6.09. The van der Waals surface area contributed by atoms with Gasteiger partial charge in [0.05, 0.1) is 24.9 Å². The molecule has 1 aliphatic heterocycles. The van der Waals surface area contributed by atoms with E-state index in [9.17, 15) is 0 Å². The molecule has 1 aliphatic rings. The monoisotopic (exact) mass is 265 g/mol. The molecule has 2 aromatic rings. The van der Waals surface area contributed by atoms with Crippen LogP contribution in [0.1, 0.15) is 12.2 Å². The van der Waals surface area contributed by atoms with Crippen LogP contribution in [0.2, 0.25) is 5.15 Å². The van der Waals surface area contributed by atoms with Gasteiger partial charge in [-0.15, -0.1) is 0 Å². The van der Waals surface area contributed by atoms with Crippen molar-refractivity contribution in [1.82, 2.24) is 15.0 Å². The molecular formula is C12H12ClN3O2. The van der Waals surface area contributed by atoms with Gasteiger partial charge >= 0.3 is 0 Å². The molecule has 1 fully saturated rings. The molecule has 0 spiro atoms. The highest BCUT2D eigenvalue weighted by Gasteiger charge is 2.18. The van der Waals surface area contributed by atoms with Gasteiger partial charge in [-0.25, -0.2) is 15.0 Å². The van der Waals surface area contributed by atoms with Crippen molar-refractivity contribution >= 4 is 22.5 Å². The van der Waals surface area contributed by atoms with Gasteiger partial charge in [0.1, 0.15) is 17.1 Å². The fourth-order valence-electron chi connectivity index (χ4n) is 1.93. The number of halogens is 1. The van der Waals surface area contributed by atoms with Crippen LogP contribution in [0.4, 0.5) is 0 Å². The topological polar surface area (TPSA) is 57.1 Å². The summed E-state index contributed by atoms with van der Waals surface area (Å²) in [5.41, 5.74) is 0.725. The van der Waals surface area contributed by atoms with Crippen LogP contribution >= 0.6 is 11.6 Å². The van der Waals surface area contributed by atoms with E-state index < -0.39 is 0 Å². The van der Waals surface area contributed by atoms with Crippen molar-refractivity contribution in [3.63, 3.8) is 0 Å². The summed E-state index contributed by atoms with van der Waals surface area (Å²) < 4.78 is 11.0. The van der Waals surface area contributed by atoms with Crippen LogP contribution in [0.25, 0.3) is 10.9 Å². The van der Waals surface area contributed by atoms with Crippen LogP contribution in [0.3, 0.4) is 0 Å². The summed E-state index contributed by atoms with van der Waals surface area (Å²) in [7, 11) is 0. The van der Waals surface area contributed by atoms with E-state index in [-0.39, 0.29) is 6.10 Å². The van der Waals surface area contributed by atoms with E-state index in [0.717, 1.165) is 23.9 Å². The quantitative estimate of drug-likeness (QED) is 0.779. The van der Waals surface area contributed by atoms with E-state index in [1.165, 1.54) is 0 Å². The molecular weight excluding hydrogens is 254 g/mol. The minimum absolute atomic E-state index is 0.0695. The van der Waals surface area contributed by atoms with Gasteiger partial charge in [0.2, 0.25) is 5.88 Å². The van der Waals surface area contributed by atoms with Crippen molar-refractivity contribution in [2.75, 3.05) is 13.2 Å². The van der Waals surface area contributed by atoms with E-state index in [4.69, 9.17) is 21.1 Å². The number of aryl methyl sites for hydroxylation is 1. The van der Waals surface area contributed by atoms with E-state index in [1.807, 2.05) is 0 Å². The second kappa shape index (κ2) is 4.66. The van der Waals surface area contributed by atoms with Gasteiger partial charge in [-0.2, -0.15) is 0 Å². The van der Waals surface area contributed by atoms with Gasteiger partial charge in [-0.3, -0.25) is 0 Å². The Bertz CT molecular complexity index is 585. The molecule has 0 N–H and O–H groups in total. The van der Waals surface area contributed by atoms with Gasteiger partial charge < -0.3 is 9.47 Å². The maximum atomic E-state index is 6.09. The zero-order valence-corrected chi connectivity index (χ0v) is 10.6. The minimum atomic E-state index is 0.0695. The Hall–Kier alpha value is -1.46. The summed E-state index contributed by atoms with van der Waals surface area (Å²) in [4.78, 5) is 12.6. The molecule has 1 saturated heterocycles. The third kappa shape index (κ3) is 2.23. The summed E-state index contributed by atoms with van der Waals surface area (Å²) in [5, 5.41) is 1.18. The molecule has 3 heterocycles. The predicted molar refractivity (Wildman–Crippen MR) is 66.9 cm³/mol. The van der Waals surface area contributed by atoms with Gasteiger partial charge in [0.25, 0.3) is 0 Å². The van der Waals surface area contributed by atoms with Crippen molar-refractivity contribution < 1.29 is 9.47 Å². The molecule has 0 aromatic carbocycles. The first-order chi connectivity index (χ1) is 8.72. The van der Waals surface area contributed by atoms with Crippen molar-refractivity contribution in [2.24, 2.45) is 0 Å². The number of fused-ring (bicyclic) bond motifs is 1. The van der Waals surface area contributed by atoms with Crippen molar-refractivity contribution in [1.29, 1.82) is 0 Å². The number of hydrogen-bond acceptors (Lipinski definition) is 5. The average molecular weight is 266 g/mol. The maximum absolute atomic E-state index is 6.09. The minimum Gasteiger partial charge on any atom is -0.472 e. The Morgan fingerprint density at radius 3 is 3.11 bits per heavy atom. The van der Waals surface area contributed by atoms with Crippen LogP contribution in [0.5, 0.6) is 5.88 Å². The highest BCUT2D eigenvalue weighted by atomic mass is 35.5. The second-order valence-electron chi connectivity index (χ2n) is 4.20. The SMILES string of the molecule is Cc1nc(Cl)c2cc(O[C@H]3CCOC3)ncc2n1. The number of hydrogen-bond donors (Lipinski definition) is 0. The fourth-order valence-corrected chi connectivity index (χ4v) is 2.20. The maximum Gasteiger partial charge on any atom is 0.214 e. The lowest BCUT2D eigenvalue weighted by molar-refractivity contribution is 0.138. The first kappa shape index (κ1) is 11.6. The summed E-state index contributed by atoms with van der Waals surface area (Å²) in [6, 6.07) is 1.77. The summed E-state index contributed by atoms with van der Waals surface area (Å²) in [6.45, 7) is 3.14. The lowest BCUT2D eigenvalue weighted by Gasteiger charge is -2.11. The predicted octanol–water partition coefficient (Wildman–Crippen LogP) is 2.15. The molecule has 5 nitrogen and oxygen atoms in total. The number of ether oxygens (including phenoxy) is 2. The molecule has 18 heavy (non-hydrogen) atoms. The van der Waals surface area contributed by atoms with Crippen molar-refractivity contribution in [2.45, 2.75) is 19.4 Å². The standard InChI is InChI=1S/C12H12ClN3O2/c1-7-15-10-5-14-11(4-9(10)12(13)16-7)18-8-2-3-17-6-8/h4-5,8H,2-3,6H2,1H3/t8-/m0/s1. The lowest BCUT2D eigenvalue weighted by atomic mass is 10.3. The van der Waals surface area contributed by atoms with Crippen LogP contribution < -0.4 is 4.74 Å². The van der Waals surface area contributed by atoms with E-state index in [0.29, 0.717) is 23.5 Å². The molecule has 0 bridgehead atoms. The molecule has 0 amide bonds. The highest BCUT2D eigenvalue weighted by molar-refractivity contribution is 6.34. The van der Waals surface area contributed by atoms with Crippen LogP contribution in [-0.2, 0) is 4.74 Å². The van der Waals surface area contributed by atoms with Crippen LogP contribution in [-0.4, -0.2) is 34.3 Å². The summed E-state index contributed by atoms with van der Waals surface area (Å²) in [6.07, 6.45) is 2.61. The molecule has 2 aromatic heterocycles. The van der Waals surface area contributed by atoms with Crippen molar-refractivity contribution in [3.8, 4) is 5.88 Å². The molecule has 94 valence electrons. The van der Waals surface area contributed by atoms with Gasteiger partial charge in [-0.05, 0) is 6.92 Å². The Morgan fingerprint density at radius 2 is 2.33 bits per heavy atom. The molecule has 0 unspecified atom stereocenters. The molecule has 0 saturated carbocycles. The number of rotatable bonds is 2. The highest BCUT2D eigenvalue weighted by Crippen LogP contribution is 2.24. The van der Waals surface area contributed by atoms with Crippen molar-refractivity contribution in [3.05, 3.63) is 23.2 Å². The Morgan fingerprint density at radius 1 is 1.44 bits per heavy atom. The second-order valence-corrected chi connectivity index (χ2v) is 4.56. The fraction of sp³-hybridized carbons (Fsp3) is 0.417. The smallest absolute Gasteiger partial charge is 0.214 e. The molecule has 0 radical (unpaired) electrons. The normalized spacial score (nSPS) is 19.3. The van der Waals surface area contributed by atoms with E-state index >= 15 is 0 Å². The third-order valence-corrected chi connectivity index (χ3v) is 3.09. The van der Waals surface area contributed by atoms with Gasteiger partial charge in [0, 0.05) is 17.9 Å². The Labute approximate surface area is 109 Å². The van der Waals surface area contributed by atoms with Crippen LogP contribution in [0.15, 0.2) is 12.3 Å². The molecule has 1 atom stereocenters. The Kier molecular flexibility index (Phi) is 3.01. The summed E-state index contributed by atoms with van der Waals surface area (Å²) in [5.74, 6) is 1.17. The van der Waals surface area contributed by atoms with E-state index in [2.05, 4.69) is 15.0 Å². The molecule has 3 rings (SSSR count). The zero-order chi connectivity index (χ0) is 12.5. The Balaban J connectivity index is 1.94. The molecule has 0 aliphatic carbocycles. The number of nitrogens with zero attached hydrogens (tertiary/aromatic N) is 3. The van der Waals surface area contributed by atoms with E-state index in [1.54, 1.807) is 19.2 Å². The first-order valence-corrected chi connectivity index (χ1v) is 6.14. The average Bonchev–Trinajstić information content (AvgIpc) is 2.83. The zero-order valence-electron chi connectivity index (χ0n) is 9.89.